The van der Waals surface area contributed by atoms with E-state index in [4.69, 9.17) is 10.7 Å². The third-order valence-electron chi connectivity index (χ3n) is 2.31. The summed E-state index contributed by atoms with van der Waals surface area (Å²) < 4.78 is 37.1. The van der Waals surface area contributed by atoms with Crippen LogP contribution in [0.15, 0.2) is 35.4 Å². The number of benzene rings is 1. The first-order valence-electron chi connectivity index (χ1n) is 4.65. The fourth-order valence-corrected chi connectivity index (χ4v) is 2.57. The quantitative estimate of drug-likeness (QED) is 0.789. The number of halogens is 2. The molecule has 0 aliphatic rings. The minimum atomic E-state index is -3.87. The third-order valence-corrected chi connectivity index (χ3v) is 3.73. The molecule has 0 atom stereocenters. The molecule has 4 nitrogen and oxygen atoms in total. The van der Waals surface area contributed by atoms with Gasteiger partial charge in [0.2, 0.25) is 0 Å². The molecule has 7 heteroatoms. The normalized spacial score (nSPS) is 11.7. The van der Waals surface area contributed by atoms with Crippen LogP contribution in [0.25, 0.3) is 5.69 Å². The van der Waals surface area contributed by atoms with Gasteiger partial charge in [0.1, 0.15) is 16.4 Å². The lowest BCUT2D eigenvalue weighted by Crippen LogP contribution is -2.02. The van der Waals surface area contributed by atoms with Gasteiger partial charge in [0.05, 0.1) is 11.9 Å². The molecule has 2 aromatic rings. The highest BCUT2D eigenvalue weighted by Gasteiger charge is 2.19. The maximum Gasteiger partial charge on any atom is 0.264 e. The summed E-state index contributed by atoms with van der Waals surface area (Å²) in [6, 6.07) is 5.94. The molecule has 1 aromatic carbocycles. The van der Waals surface area contributed by atoms with Gasteiger partial charge in [-0.1, -0.05) is 12.1 Å². The lowest BCUT2D eigenvalue weighted by atomic mass is 10.3. The Hall–Kier alpha value is -1.40. The smallest absolute Gasteiger partial charge is 0.234 e. The van der Waals surface area contributed by atoms with Gasteiger partial charge in [0.25, 0.3) is 9.05 Å². The van der Waals surface area contributed by atoms with Crippen molar-refractivity contribution in [1.29, 1.82) is 0 Å². The molecule has 0 fully saturated rings. The standard InChI is InChI=1S/C10H8ClFN2O2S/c1-7-10(17(11,15)16)6-13-14(7)9-5-3-2-4-8(9)12/h2-6H,1H3. The van der Waals surface area contributed by atoms with E-state index in [9.17, 15) is 12.8 Å². The van der Waals surface area contributed by atoms with Crippen molar-refractivity contribution < 1.29 is 12.8 Å². The first-order chi connectivity index (χ1) is 7.91. The lowest BCUT2D eigenvalue weighted by molar-refractivity contribution is 0.604. The Kier molecular flexibility index (Phi) is 2.92. The fraction of sp³-hybridized carbons (Fsp3) is 0.100. The van der Waals surface area contributed by atoms with Crippen LogP contribution >= 0.6 is 10.7 Å². The molecular formula is C10H8ClFN2O2S. The Morgan fingerprint density at radius 2 is 2.00 bits per heavy atom. The van der Waals surface area contributed by atoms with Gasteiger partial charge >= 0.3 is 0 Å². The molecule has 90 valence electrons. The topological polar surface area (TPSA) is 52.0 Å². The van der Waals surface area contributed by atoms with Crippen molar-refractivity contribution in [2.24, 2.45) is 0 Å². The molecule has 0 saturated heterocycles. The highest BCUT2D eigenvalue weighted by Crippen LogP contribution is 2.22. The maximum atomic E-state index is 13.5. The van der Waals surface area contributed by atoms with Crippen molar-refractivity contribution in [3.63, 3.8) is 0 Å². The number of aromatic nitrogens is 2. The van der Waals surface area contributed by atoms with Gasteiger partial charge in [-0.25, -0.2) is 17.5 Å². The van der Waals surface area contributed by atoms with E-state index in [0.29, 0.717) is 0 Å². The fourth-order valence-electron chi connectivity index (χ4n) is 1.50. The number of para-hydroxylation sites is 1. The molecule has 0 aliphatic carbocycles. The van der Waals surface area contributed by atoms with Crippen molar-refractivity contribution in [3.05, 3.63) is 42.0 Å². The van der Waals surface area contributed by atoms with E-state index in [0.717, 1.165) is 6.20 Å². The highest BCUT2D eigenvalue weighted by molar-refractivity contribution is 8.13. The van der Waals surface area contributed by atoms with E-state index in [1.807, 2.05) is 0 Å². The molecule has 0 unspecified atom stereocenters. The van der Waals surface area contributed by atoms with E-state index in [2.05, 4.69) is 5.10 Å². The van der Waals surface area contributed by atoms with Crippen molar-refractivity contribution >= 4 is 19.7 Å². The van der Waals surface area contributed by atoms with Gasteiger partial charge < -0.3 is 0 Å². The minimum Gasteiger partial charge on any atom is -0.234 e. The summed E-state index contributed by atoms with van der Waals surface area (Å²) in [6.45, 7) is 1.51. The predicted molar refractivity (Wildman–Crippen MR) is 61.3 cm³/mol. The van der Waals surface area contributed by atoms with Gasteiger partial charge in [-0.3, -0.25) is 0 Å². The number of hydrogen-bond donors (Lipinski definition) is 0. The van der Waals surface area contributed by atoms with E-state index >= 15 is 0 Å². The highest BCUT2D eigenvalue weighted by atomic mass is 35.7. The maximum absolute atomic E-state index is 13.5. The van der Waals surface area contributed by atoms with Crippen LogP contribution in [-0.2, 0) is 9.05 Å². The van der Waals surface area contributed by atoms with Crippen LogP contribution in [0.4, 0.5) is 4.39 Å². The van der Waals surface area contributed by atoms with E-state index in [1.165, 1.54) is 29.8 Å². The molecule has 0 saturated carbocycles. The van der Waals surface area contributed by atoms with Crippen LogP contribution < -0.4 is 0 Å². The summed E-state index contributed by atoms with van der Waals surface area (Å²) in [5.41, 5.74) is 0.446. The summed E-state index contributed by atoms with van der Waals surface area (Å²) in [6.07, 6.45) is 1.10. The molecule has 0 N–H and O–H groups in total. The van der Waals surface area contributed by atoms with Gasteiger partial charge in [-0.15, -0.1) is 0 Å². The summed E-state index contributed by atoms with van der Waals surface area (Å²) in [5, 5.41) is 3.83. The van der Waals surface area contributed by atoms with Crippen LogP contribution in [0.1, 0.15) is 5.69 Å². The van der Waals surface area contributed by atoms with Crippen LogP contribution in [0.2, 0.25) is 0 Å². The van der Waals surface area contributed by atoms with E-state index in [1.54, 1.807) is 6.07 Å². The molecule has 0 spiro atoms. The molecule has 0 aliphatic heterocycles. The molecular weight excluding hydrogens is 267 g/mol. The Bertz CT molecular complexity index is 667. The Labute approximate surface area is 102 Å². The molecule has 2 rings (SSSR count). The SMILES string of the molecule is Cc1c(S(=O)(=O)Cl)cnn1-c1ccccc1F. The van der Waals surface area contributed by atoms with Crippen LogP contribution in [0.5, 0.6) is 0 Å². The van der Waals surface area contributed by atoms with Crippen LogP contribution in [-0.4, -0.2) is 18.2 Å². The third kappa shape index (κ3) is 2.18. The van der Waals surface area contributed by atoms with Gasteiger partial charge in [-0.05, 0) is 19.1 Å². The van der Waals surface area contributed by atoms with Gasteiger partial charge in [-0.2, -0.15) is 5.10 Å². The summed E-state index contributed by atoms with van der Waals surface area (Å²) in [4.78, 5) is -0.123. The molecule has 1 aromatic heterocycles. The first-order valence-corrected chi connectivity index (χ1v) is 6.96. The predicted octanol–water partition coefficient (Wildman–Crippen LogP) is 2.25. The van der Waals surface area contributed by atoms with Gasteiger partial charge in [0.15, 0.2) is 0 Å². The Balaban J connectivity index is 2.64. The number of hydrogen-bond acceptors (Lipinski definition) is 3. The summed E-state index contributed by atoms with van der Waals surface area (Å²) in [5.74, 6) is -0.489. The van der Waals surface area contributed by atoms with E-state index in [-0.39, 0.29) is 16.3 Å². The second kappa shape index (κ2) is 4.12. The van der Waals surface area contributed by atoms with Crippen molar-refractivity contribution in [2.75, 3.05) is 0 Å². The zero-order valence-corrected chi connectivity index (χ0v) is 10.3. The van der Waals surface area contributed by atoms with Crippen molar-refractivity contribution in [3.8, 4) is 5.69 Å². The van der Waals surface area contributed by atoms with Crippen molar-refractivity contribution in [2.45, 2.75) is 11.8 Å². The largest absolute Gasteiger partial charge is 0.264 e. The Morgan fingerprint density at radius 1 is 1.35 bits per heavy atom. The average molecular weight is 275 g/mol. The van der Waals surface area contributed by atoms with Crippen molar-refractivity contribution in [1.82, 2.24) is 9.78 Å². The zero-order valence-electron chi connectivity index (χ0n) is 8.76. The minimum absolute atomic E-state index is 0.123. The zero-order chi connectivity index (χ0) is 12.6. The summed E-state index contributed by atoms with van der Waals surface area (Å²) in [7, 11) is 1.36. The first kappa shape index (κ1) is 12.1. The van der Waals surface area contributed by atoms with Crippen LogP contribution in [0.3, 0.4) is 0 Å². The second-order valence-corrected chi connectivity index (χ2v) is 5.93. The monoisotopic (exact) mass is 274 g/mol. The van der Waals surface area contributed by atoms with E-state index < -0.39 is 14.9 Å². The molecule has 0 bridgehead atoms. The molecule has 1 heterocycles. The average Bonchev–Trinajstić information content (AvgIpc) is 2.60. The summed E-state index contributed by atoms with van der Waals surface area (Å²) >= 11 is 0. The molecule has 17 heavy (non-hydrogen) atoms. The number of rotatable bonds is 2. The molecule has 0 amide bonds. The second-order valence-electron chi connectivity index (χ2n) is 3.40. The number of nitrogens with zero attached hydrogens (tertiary/aromatic N) is 2. The van der Waals surface area contributed by atoms with Crippen LogP contribution in [0, 0.1) is 12.7 Å². The lowest BCUT2D eigenvalue weighted by Gasteiger charge is -2.05. The molecule has 0 radical (unpaired) electrons. The Morgan fingerprint density at radius 3 is 2.53 bits per heavy atom. The van der Waals surface area contributed by atoms with Gasteiger partial charge in [0, 0.05) is 10.7 Å².